The molecule has 0 radical (unpaired) electrons. The number of pyridine rings is 1. The number of nitrogens with zero attached hydrogens (tertiary/aromatic N) is 2. The van der Waals surface area contributed by atoms with Gasteiger partial charge < -0.3 is 5.73 Å². The van der Waals surface area contributed by atoms with E-state index in [0.29, 0.717) is 0 Å². The third-order valence-corrected chi connectivity index (χ3v) is 3.91. The molecule has 0 saturated carbocycles. The number of rotatable bonds is 7. The van der Waals surface area contributed by atoms with Gasteiger partial charge in [-0.3, -0.25) is 9.88 Å². The van der Waals surface area contributed by atoms with Crippen LogP contribution in [-0.4, -0.2) is 23.0 Å². The van der Waals surface area contributed by atoms with Gasteiger partial charge in [0.1, 0.15) is 0 Å². The first kappa shape index (κ1) is 16.0. The van der Waals surface area contributed by atoms with Crippen molar-refractivity contribution in [3.05, 3.63) is 64.9 Å². The van der Waals surface area contributed by atoms with E-state index in [4.69, 9.17) is 17.3 Å². The van der Waals surface area contributed by atoms with E-state index < -0.39 is 0 Å². The molecule has 0 fully saturated rings. The largest absolute Gasteiger partial charge is 0.324 e. The standard InChI is InChI=1S/C17H22ClN3/c1-2-21(13-14-7-10-20-11-8-14)12-9-17(19)15-3-5-16(18)6-4-15/h3-8,10-11,17H,2,9,12-13,19H2,1H3. The van der Waals surface area contributed by atoms with E-state index in [2.05, 4.69) is 28.9 Å². The van der Waals surface area contributed by atoms with E-state index in [0.717, 1.165) is 36.6 Å². The lowest BCUT2D eigenvalue weighted by Gasteiger charge is -2.22. The first-order chi connectivity index (χ1) is 10.2. The van der Waals surface area contributed by atoms with E-state index in [9.17, 15) is 0 Å². The van der Waals surface area contributed by atoms with Crippen LogP contribution in [-0.2, 0) is 6.54 Å². The summed E-state index contributed by atoms with van der Waals surface area (Å²) >= 11 is 5.90. The topological polar surface area (TPSA) is 42.1 Å². The molecule has 1 aromatic carbocycles. The normalized spacial score (nSPS) is 12.6. The van der Waals surface area contributed by atoms with Gasteiger partial charge in [0.25, 0.3) is 0 Å². The molecule has 2 aromatic rings. The van der Waals surface area contributed by atoms with Crippen LogP contribution in [0.25, 0.3) is 0 Å². The van der Waals surface area contributed by atoms with Crippen LogP contribution in [0.15, 0.2) is 48.8 Å². The second-order valence-corrected chi connectivity index (χ2v) is 5.61. The quantitative estimate of drug-likeness (QED) is 0.849. The first-order valence-electron chi connectivity index (χ1n) is 7.31. The van der Waals surface area contributed by atoms with Gasteiger partial charge in [-0.1, -0.05) is 30.7 Å². The van der Waals surface area contributed by atoms with Gasteiger partial charge >= 0.3 is 0 Å². The van der Waals surface area contributed by atoms with E-state index in [1.165, 1.54) is 5.56 Å². The molecule has 0 saturated heterocycles. The molecule has 4 heteroatoms. The summed E-state index contributed by atoms with van der Waals surface area (Å²) < 4.78 is 0. The number of hydrogen-bond donors (Lipinski definition) is 1. The zero-order valence-electron chi connectivity index (χ0n) is 12.4. The Morgan fingerprint density at radius 1 is 1.14 bits per heavy atom. The highest BCUT2D eigenvalue weighted by molar-refractivity contribution is 6.30. The van der Waals surface area contributed by atoms with Crippen LogP contribution in [0.3, 0.4) is 0 Å². The molecule has 1 aromatic heterocycles. The van der Waals surface area contributed by atoms with E-state index in [1.807, 2.05) is 36.7 Å². The van der Waals surface area contributed by atoms with Crippen molar-refractivity contribution >= 4 is 11.6 Å². The van der Waals surface area contributed by atoms with Crippen molar-refractivity contribution in [3.63, 3.8) is 0 Å². The summed E-state index contributed by atoms with van der Waals surface area (Å²) in [4.78, 5) is 6.44. The smallest absolute Gasteiger partial charge is 0.0406 e. The van der Waals surface area contributed by atoms with Crippen LogP contribution in [0.1, 0.15) is 30.5 Å². The third kappa shape index (κ3) is 5.12. The molecular weight excluding hydrogens is 282 g/mol. The van der Waals surface area contributed by atoms with Gasteiger partial charge in [-0.2, -0.15) is 0 Å². The molecule has 0 aliphatic rings. The zero-order valence-corrected chi connectivity index (χ0v) is 13.1. The second-order valence-electron chi connectivity index (χ2n) is 5.17. The van der Waals surface area contributed by atoms with Gasteiger partial charge in [0.2, 0.25) is 0 Å². The Labute approximate surface area is 131 Å². The van der Waals surface area contributed by atoms with Crippen molar-refractivity contribution in [2.75, 3.05) is 13.1 Å². The summed E-state index contributed by atoms with van der Waals surface area (Å²) in [5.41, 5.74) is 8.68. The van der Waals surface area contributed by atoms with Crippen molar-refractivity contribution in [2.45, 2.75) is 25.9 Å². The van der Waals surface area contributed by atoms with Gasteiger partial charge in [-0.15, -0.1) is 0 Å². The fourth-order valence-electron chi connectivity index (χ4n) is 2.29. The Balaban J connectivity index is 1.86. The fourth-order valence-corrected chi connectivity index (χ4v) is 2.42. The molecule has 1 heterocycles. The predicted molar refractivity (Wildman–Crippen MR) is 88.2 cm³/mol. The number of nitrogens with two attached hydrogens (primary N) is 1. The van der Waals surface area contributed by atoms with Crippen LogP contribution in [0.5, 0.6) is 0 Å². The molecule has 1 unspecified atom stereocenters. The Morgan fingerprint density at radius 2 is 1.81 bits per heavy atom. The van der Waals surface area contributed by atoms with Gasteiger partial charge in [-0.25, -0.2) is 0 Å². The first-order valence-corrected chi connectivity index (χ1v) is 7.69. The molecule has 2 N–H and O–H groups in total. The van der Waals surface area contributed by atoms with Crippen molar-refractivity contribution < 1.29 is 0 Å². The van der Waals surface area contributed by atoms with Gasteiger partial charge in [0, 0.05) is 36.5 Å². The second kappa shape index (κ2) is 8.13. The van der Waals surface area contributed by atoms with Crippen LogP contribution in [0.2, 0.25) is 5.02 Å². The molecule has 0 spiro atoms. The minimum Gasteiger partial charge on any atom is -0.324 e. The van der Waals surface area contributed by atoms with Crippen LogP contribution >= 0.6 is 11.6 Å². The fraction of sp³-hybridized carbons (Fsp3) is 0.353. The van der Waals surface area contributed by atoms with Gasteiger partial charge in [0.15, 0.2) is 0 Å². The minimum absolute atomic E-state index is 0.0498. The van der Waals surface area contributed by atoms with Crippen molar-refractivity contribution in [1.82, 2.24) is 9.88 Å². The van der Waals surface area contributed by atoms with Crippen LogP contribution < -0.4 is 5.73 Å². The Bertz CT molecular complexity index is 527. The Kier molecular flexibility index (Phi) is 6.18. The third-order valence-electron chi connectivity index (χ3n) is 3.66. The highest BCUT2D eigenvalue weighted by Crippen LogP contribution is 2.18. The molecule has 3 nitrogen and oxygen atoms in total. The maximum absolute atomic E-state index is 6.26. The van der Waals surface area contributed by atoms with E-state index in [-0.39, 0.29) is 6.04 Å². The zero-order chi connectivity index (χ0) is 15.1. The summed E-state index contributed by atoms with van der Waals surface area (Å²) in [6, 6.07) is 12.0. The van der Waals surface area contributed by atoms with Gasteiger partial charge in [-0.05, 0) is 48.4 Å². The molecule has 0 amide bonds. The summed E-state index contributed by atoms with van der Waals surface area (Å²) in [6.07, 6.45) is 4.60. The van der Waals surface area contributed by atoms with Crippen LogP contribution in [0.4, 0.5) is 0 Å². The van der Waals surface area contributed by atoms with Gasteiger partial charge in [0.05, 0.1) is 0 Å². The average Bonchev–Trinajstić information content (AvgIpc) is 2.52. The summed E-state index contributed by atoms with van der Waals surface area (Å²) in [5, 5.41) is 0.749. The lowest BCUT2D eigenvalue weighted by Crippen LogP contribution is -2.27. The molecule has 0 aliphatic heterocycles. The molecule has 112 valence electrons. The maximum Gasteiger partial charge on any atom is 0.0406 e. The molecule has 21 heavy (non-hydrogen) atoms. The summed E-state index contributed by atoms with van der Waals surface area (Å²) in [7, 11) is 0. The number of halogens is 1. The van der Waals surface area contributed by atoms with E-state index in [1.54, 1.807) is 0 Å². The molecule has 1 atom stereocenters. The number of aromatic nitrogens is 1. The minimum atomic E-state index is 0.0498. The molecule has 2 rings (SSSR count). The van der Waals surface area contributed by atoms with Crippen molar-refractivity contribution in [3.8, 4) is 0 Å². The van der Waals surface area contributed by atoms with Crippen LogP contribution in [0, 0.1) is 0 Å². The predicted octanol–water partition coefficient (Wildman–Crippen LogP) is 3.65. The Hall–Kier alpha value is -1.42. The molecular formula is C17H22ClN3. The SMILES string of the molecule is CCN(CCC(N)c1ccc(Cl)cc1)Cc1ccncc1. The maximum atomic E-state index is 6.26. The lowest BCUT2D eigenvalue weighted by atomic mass is 10.0. The lowest BCUT2D eigenvalue weighted by molar-refractivity contribution is 0.268. The highest BCUT2D eigenvalue weighted by Gasteiger charge is 2.09. The van der Waals surface area contributed by atoms with Crippen molar-refractivity contribution in [1.29, 1.82) is 0 Å². The Morgan fingerprint density at radius 3 is 2.43 bits per heavy atom. The molecule has 0 aliphatic carbocycles. The highest BCUT2D eigenvalue weighted by atomic mass is 35.5. The average molecular weight is 304 g/mol. The number of hydrogen-bond acceptors (Lipinski definition) is 3. The van der Waals surface area contributed by atoms with E-state index >= 15 is 0 Å². The monoisotopic (exact) mass is 303 g/mol. The summed E-state index contributed by atoms with van der Waals surface area (Å²) in [6.45, 7) is 5.10. The van der Waals surface area contributed by atoms with Crippen molar-refractivity contribution in [2.24, 2.45) is 5.73 Å². The summed E-state index contributed by atoms with van der Waals surface area (Å²) in [5.74, 6) is 0. The number of benzene rings is 1. The molecule has 0 bridgehead atoms.